The Morgan fingerprint density at radius 2 is 1.67 bits per heavy atom. The first-order valence-corrected chi connectivity index (χ1v) is 10.6. The number of aromatic nitrogens is 1. The van der Waals surface area contributed by atoms with E-state index in [2.05, 4.69) is 4.98 Å². The predicted molar refractivity (Wildman–Crippen MR) is 131 cm³/mol. The Morgan fingerprint density at radius 1 is 0.909 bits per heavy atom. The van der Waals surface area contributed by atoms with Crippen LogP contribution in [0.25, 0.3) is 10.9 Å². The van der Waals surface area contributed by atoms with Crippen molar-refractivity contribution in [3.8, 4) is 11.5 Å². The number of pyridine rings is 1. The van der Waals surface area contributed by atoms with Crippen LogP contribution in [0.4, 0.5) is 5.69 Å². The van der Waals surface area contributed by atoms with E-state index in [1.54, 1.807) is 30.2 Å². The highest BCUT2D eigenvalue weighted by Crippen LogP contribution is 2.29. The van der Waals surface area contributed by atoms with Crippen LogP contribution in [0, 0.1) is 13.8 Å². The summed E-state index contributed by atoms with van der Waals surface area (Å²) >= 11 is 0. The molecule has 1 heterocycles. The van der Waals surface area contributed by atoms with Gasteiger partial charge in [-0.05, 0) is 66.8 Å². The average molecular weight is 443 g/mol. The minimum Gasteiger partial charge on any atom is -0.493 e. The number of H-pyrrole nitrogens is 1. The largest absolute Gasteiger partial charge is 0.493 e. The van der Waals surface area contributed by atoms with Gasteiger partial charge in [0.15, 0.2) is 11.5 Å². The summed E-state index contributed by atoms with van der Waals surface area (Å²) in [5, 5.41) is 0.923. The average Bonchev–Trinajstić information content (AvgIpc) is 2.82. The second kappa shape index (κ2) is 9.20. The highest BCUT2D eigenvalue weighted by molar-refractivity contribution is 6.06. The molecule has 0 spiro atoms. The third kappa shape index (κ3) is 4.46. The lowest BCUT2D eigenvalue weighted by molar-refractivity contribution is 0.0984. The van der Waals surface area contributed by atoms with E-state index in [1.807, 2.05) is 62.4 Å². The van der Waals surface area contributed by atoms with Crippen molar-refractivity contribution in [3.63, 3.8) is 0 Å². The first-order chi connectivity index (χ1) is 15.9. The van der Waals surface area contributed by atoms with E-state index in [1.165, 1.54) is 7.11 Å². The summed E-state index contributed by atoms with van der Waals surface area (Å²) in [6.45, 7) is 4.04. The summed E-state index contributed by atoms with van der Waals surface area (Å²) in [5.41, 5.74) is 4.24. The number of benzene rings is 3. The van der Waals surface area contributed by atoms with Crippen molar-refractivity contribution in [2.45, 2.75) is 20.4 Å². The maximum atomic E-state index is 13.7. The number of anilines is 1. The van der Waals surface area contributed by atoms with Crippen LogP contribution in [0.5, 0.6) is 11.5 Å². The molecule has 0 saturated heterocycles. The van der Waals surface area contributed by atoms with E-state index in [0.717, 1.165) is 22.0 Å². The molecule has 0 aliphatic carbocycles. The number of nitrogens with zero attached hydrogens (tertiary/aromatic N) is 1. The fourth-order valence-electron chi connectivity index (χ4n) is 3.92. The third-order valence-electron chi connectivity index (χ3n) is 5.68. The van der Waals surface area contributed by atoms with Gasteiger partial charge in [-0.3, -0.25) is 9.59 Å². The van der Waals surface area contributed by atoms with Crippen molar-refractivity contribution < 1.29 is 14.3 Å². The van der Waals surface area contributed by atoms with Gasteiger partial charge in [0.2, 0.25) is 0 Å². The van der Waals surface area contributed by atoms with E-state index in [0.29, 0.717) is 28.3 Å². The van der Waals surface area contributed by atoms with Gasteiger partial charge >= 0.3 is 0 Å². The molecule has 0 saturated carbocycles. The molecule has 0 aliphatic heterocycles. The van der Waals surface area contributed by atoms with Crippen molar-refractivity contribution in [1.29, 1.82) is 0 Å². The first kappa shape index (κ1) is 22.1. The molecule has 4 rings (SSSR count). The zero-order valence-electron chi connectivity index (χ0n) is 19.1. The van der Waals surface area contributed by atoms with Gasteiger partial charge < -0.3 is 19.4 Å². The highest BCUT2D eigenvalue weighted by atomic mass is 16.5. The van der Waals surface area contributed by atoms with Gasteiger partial charge in [-0.15, -0.1) is 0 Å². The van der Waals surface area contributed by atoms with E-state index >= 15 is 0 Å². The van der Waals surface area contributed by atoms with Crippen molar-refractivity contribution in [3.05, 3.63) is 99.3 Å². The zero-order valence-corrected chi connectivity index (χ0v) is 19.1. The van der Waals surface area contributed by atoms with Gasteiger partial charge in [-0.25, -0.2) is 0 Å². The Kier molecular flexibility index (Phi) is 6.18. The van der Waals surface area contributed by atoms with Crippen LogP contribution in [0.3, 0.4) is 0 Å². The van der Waals surface area contributed by atoms with E-state index in [9.17, 15) is 9.59 Å². The minimum absolute atomic E-state index is 0.121. The molecule has 0 unspecified atom stereocenters. The van der Waals surface area contributed by atoms with Gasteiger partial charge in [0.1, 0.15) is 0 Å². The summed E-state index contributed by atoms with van der Waals surface area (Å²) < 4.78 is 10.7. The molecule has 4 aromatic rings. The van der Waals surface area contributed by atoms with Crippen LogP contribution in [0.2, 0.25) is 0 Å². The zero-order chi connectivity index (χ0) is 23.5. The summed E-state index contributed by atoms with van der Waals surface area (Å²) in [7, 11) is 3.08. The molecule has 0 atom stereocenters. The summed E-state index contributed by atoms with van der Waals surface area (Å²) in [6, 6.07) is 20.4. The van der Waals surface area contributed by atoms with E-state index in [-0.39, 0.29) is 18.0 Å². The molecule has 6 nitrogen and oxygen atoms in total. The number of aryl methyl sites for hydroxylation is 2. The second-order valence-corrected chi connectivity index (χ2v) is 7.96. The van der Waals surface area contributed by atoms with Gasteiger partial charge in [-0.1, -0.05) is 30.3 Å². The van der Waals surface area contributed by atoms with Crippen molar-refractivity contribution >= 4 is 22.5 Å². The normalized spacial score (nSPS) is 10.8. The maximum absolute atomic E-state index is 13.7. The number of amides is 1. The molecule has 0 aliphatic rings. The monoisotopic (exact) mass is 442 g/mol. The molecule has 0 bridgehead atoms. The summed E-state index contributed by atoms with van der Waals surface area (Å²) in [4.78, 5) is 31.2. The number of nitrogens with one attached hydrogen (secondary N) is 1. The predicted octanol–water partition coefficient (Wildman–Crippen LogP) is 5.01. The summed E-state index contributed by atoms with van der Waals surface area (Å²) in [5.74, 6) is 0.759. The molecule has 1 amide bonds. The van der Waals surface area contributed by atoms with Gasteiger partial charge in [-0.2, -0.15) is 0 Å². The third-order valence-corrected chi connectivity index (χ3v) is 5.68. The van der Waals surface area contributed by atoms with Crippen LogP contribution in [0.15, 0.2) is 71.5 Å². The van der Waals surface area contributed by atoms with Crippen LogP contribution in [0.1, 0.15) is 27.0 Å². The van der Waals surface area contributed by atoms with Crippen LogP contribution < -0.4 is 19.9 Å². The lowest BCUT2D eigenvalue weighted by Crippen LogP contribution is -2.33. The second-order valence-electron chi connectivity index (χ2n) is 7.96. The lowest BCUT2D eigenvalue weighted by atomic mass is 10.1. The van der Waals surface area contributed by atoms with E-state index < -0.39 is 0 Å². The molecule has 1 aromatic heterocycles. The Bertz CT molecular complexity index is 1390. The Hall–Kier alpha value is -4.06. The van der Waals surface area contributed by atoms with Crippen LogP contribution in [-0.4, -0.2) is 25.1 Å². The standard InChI is InChI=1S/C27H26N2O4/c1-17-7-5-10-22(13-17)29(27(31)20-11-12-23(32-3)24(15-20)33-4)16-21-14-19-9-6-8-18(2)25(19)28-26(21)30/h5-15H,16H2,1-4H3,(H,28,30). The molecule has 0 radical (unpaired) electrons. The van der Waals surface area contributed by atoms with Crippen molar-refractivity contribution in [2.24, 2.45) is 0 Å². The first-order valence-electron chi connectivity index (χ1n) is 10.6. The molecular weight excluding hydrogens is 416 g/mol. The van der Waals surface area contributed by atoms with Crippen molar-refractivity contribution in [1.82, 2.24) is 4.98 Å². The lowest BCUT2D eigenvalue weighted by Gasteiger charge is -2.24. The maximum Gasteiger partial charge on any atom is 0.258 e. The molecule has 3 aromatic carbocycles. The number of carbonyl (C=O) groups excluding carboxylic acids is 1. The fourth-order valence-corrected chi connectivity index (χ4v) is 3.92. The number of hydrogen-bond donors (Lipinski definition) is 1. The van der Waals surface area contributed by atoms with Gasteiger partial charge in [0.25, 0.3) is 11.5 Å². The molecule has 168 valence electrons. The number of fused-ring (bicyclic) bond motifs is 1. The number of rotatable bonds is 6. The van der Waals surface area contributed by atoms with Gasteiger partial charge in [0, 0.05) is 16.8 Å². The topological polar surface area (TPSA) is 71.6 Å². The van der Waals surface area contributed by atoms with Gasteiger partial charge in [0.05, 0.1) is 26.3 Å². The quantitative estimate of drug-likeness (QED) is 0.456. The minimum atomic E-state index is -0.245. The van der Waals surface area contributed by atoms with Crippen LogP contribution in [-0.2, 0) is 6.54 Å². The number of para-hydroxylation sites is 1. The molecular formula is C27H26N2O4. The number of hydrogen-bond acceptors (Lipinski definition) is 4. The fraction of sp³-hybridized carbons (Fsp3) is 0.185. The number of methoxy groups -OCH3 is 2. The molecule has 6 heteroatoms. The molecule has 33 heavy (non-hydrogen) atoms. The SMILES string of the molecule is COc1ccc(C(=O)N(Cc2cc3cccc(C)c3[nH]c2=O)c2cccc(C)c2)cc1OC. The van der Waals surface area contributed by atoms with E-state index in [4.69, 9.17) is 9.47 Å². The Labute approximate surface area is 192 Å². The van der Waals surface area contributed by atoms with Crippen LogP contribution >= 0.6 is 0 Å². The number of carbonyl (C=O) groups is 1. The van der Waals surface area contributed by atoms with Crippen molar-refractivity contribution in [2.75, 3.05) is 19.1 Å². The Balaban J connectivity index is 1.80. The summed E-state index contributed by atoms with van der Waals surface area (Å²) in [6.07, 6.45) is 0. The molecule has 0 fully saturated rings. The Morgan fingerprint density at radius 3 is 2.39 bits per heavy atom. The number of ether oxygens (including phenoxy) is 2. The smallest absolute Gasteiger partial charge is 0.258 e. The highest BCUT2D eigenvalue weighted by Gasteiger charge is 2.21. The number of aromatic amines is 1. The molecule has 1 N–H and O–H groups in total.